The molecule has 0 radical (unpaired) electrons. The van der Waals surface area contributed by atoms with Gasteiger partial charge in [-0.1, -0.05) is 18.2 Å². The first kappa shape index (κ1) is 13.9. The topological polar surface area (TPSA) is 67.9 Å². The number of aromatic amines is 1. The summed E-state index contributed by atoms with van der Waals surface area (Å²) in [6, 6.07) is 6.33. The van der Waals surface area contributed by atoms with Crippen LogP contribution >= 0.6 is 0 Å². The maximum Gasteiger partial charge on any atom is 1.00 e. The van der Waals surface area contributed by atoms with E-state index in [-0.39, 0.29) is 35.6 Å². The first-order valence-corrected chi connectivity index (χ1v) is 6.49. The SMILES string of the molecule is O=C([O-])C1C=C2c3cccc4[nH]cc(c34)C[C@H]2NC1.[Na+]. The number of carboxylic acids is 1. The van der Waals surface area contributed by atoms with Crippen molar-refractivity contribution in [3.8, 4) is 0 Å². The average Bonchev–Trinajstić information content (AvgIpc) is 2.83. The van der Waals surface area contributed by atoms with Gasteiger partial charge in [0.25, 0.3) is 0 Å². The van der Waals surface area contributed by atoms with Crippen LogP contribution in [0.4, 0.5) is 0 Å². The molecule has 1 aliphatic heterocycles. The van der Waals surface area contributed by atoms with Gasteiger partial charge >= 0.3 is 29.6 Å². The molecule has 0 saturated heterocycles. The Morgan fingerprint density at radius 1 is 1.35 bits per heavy atom. The number of rotatable bonds is 1. The molecule has 2 heterocycles. The fraction of sp³-hybridized carbons (Fsp3) is 0.267. The van der Waals surface area contributed by atoms with Crippen LogP contribution in [0.1, 0.15) is 11.1 Å². The molecule has 1 aliphatic carbocycles. The maximum absolute atomic E-state index is 11.1. The summed E-state index contributed by atoms with van der Waals surface area (Å²) in [7, 11) is 0. The molecular formula is C15H13N2NaO2. The minimum Gasteiger partial charge on any atom is -0.549 e. The molecule has 0 spiro atoms. The molecule has 1 aromatic carbocycles. The molecule has 0 fully saturated rings. The number of carbonyl (C=O) groups excluding carboxylic acids is 1. The zero-order valence-electron chi connectivity index (χ0n) is 11.3. The van der Waals surface area contributed by atoms with Gasteiger partial charge in [-0.15, -0.1) is 0 Å². The third-order valence-electron chi connectivity index (χ3n) is 4.17. The second kappa shape index (κ2) is 5.04. The second-order valence-electron chi connectivity index (χ2n) is 5.25. The first-order valence-electron chi connectivity index (χ1n) is 6.49. The summed E-state index contributed by atoms with van der Waals surface area (Å²) in [4.78, 5) is 14.3. The fourth-order valence-electron chi connectivity index (χ4n) is 3.26. The van der Waals surface area contributed by atoms with Gasteiger partial charge in [-0.3, -0.25) is 0 Å². The van der Waals surface area contributed by atoms with Crippen LogP contribution < -0.4 is 40.0 Å². The Bertz CT molecular complexity index is 720. The van der Waals surface area contributed by atoms with Crippen LogP contribution in [0.3, 0.4) is 0 Å². The van der Waals surface area contributed by atoms with Crippen molar-refractivity contribution in [2.75, 3.05) is 6.54 Å². The van der Waals surface area contributed by atoms with Crippen molar-refractivity contribution in [3.05, 3.63) is 41.6 Å². The Labute approximate surface area is 138 Å². The van der Waals surface area contributed by atoms with Crippen molar-refractivity contribution in [1.82, 2.24) is 10.3 Å². The summed E-state index contributed by atoms with van der Waals surface area (Å²) < 4.78 is 0. The summed E-state index contributed by atoms with van der Waals surface area (Å²) in [5, 5.41) is 15.6. The zero-order valence-corrected chi connectivity index (χ0v) is 13.3. The maximum atomic E-state index is 11.1. The van der Waals surface area contributed by atoms with Gasteiger partial charge in [0, 0.05) is 41.6 Å². The minimum absolute atomic E-state index is 0. The first-order chi connectivity index (χ1) is 9.24. The normalized spacial score (nSPS) is 23.7. The molecule has 0 saturated carbocycles. The van der Waals surface area contributed by atoms with E-state index in [4.69, 9.17) is 0 Å². The third-order valence-corrected chi connectivity index (χ3v) is 4.17. The van der Waals surface area contributed by atoms with E-state index in [1.54, 1.807) is 0 Å². The van der Waals surface area contributed by atoms with Crippen molar-refractivity contribution in [2.24, 2.45) is 5.92 Å². The average molecular weight is 276 g/mol. The number of aromatic nitrogens is 1. The molecule has 0 bridgehead atoms. The summed E-state index contributed by atoms with van der Waals surface area (Å²) in [5.41, 5.74) is 4.65. The van der Waals surface area contributed by atoms with E-state index >= 15 is 0 Å². The summed E-state index contributed by atoms with van der Waals surface area (Å²) in [6.07, 6.45) is 4.82. The molecule has 5 heteroatoms. The number of hydrogen-bond acceptors (Lipinski definition) is 3. The fourth-order valence-corrected chi connectivity index (χ4v) is 3.26. The molecule has 20 heavy (non-hydrogen) atoms. The van der Waals surface area contributed by atoms with Gasteiger partial charge in [0.1, 0.15) is 0 Å². The number of aliphatic carboxylic acids is 1. The molecule has 1 aromatic heterocycles. The van der Waals surface area contributed by atoms with Crippen molar-refractivity contribution < 1.29 is 39.5 Å². The van der Waals surface area contributed by atoms with E-state index in [1.807, 2.05) is 12.1 Å². The molecule has 2 N–H and O–H groups in total. The summed E-state index contributed by atoms with van der Waals surface area (Å²) in [5.74, 6) is -1.55. The van der Waals surface area contributed by atoms with Gasteiger partial charge in [0.15, 0.2) is 0 Å². The molecule has 2 aliphatic rings. The van der Waals surface area contributed by atoms with Crippen molar-refractivity contribution in [1.29, 1.82) is 0 Å². The number of nitrogens with one attached hydrogen (secondary N) is 2. The number of hydrogen-bond donors (Lipinski definition) is 2. The van der Waals surface area contributed by atoms with E-state index in [0.29, 0.717) is 6.54 Å². The predicted molar refractivity (Wildman–Crippen MR) is 70.3 cm³/mol. The number of H-pyrrole nitrogens is 1. The Kier molecular flexibility index (Phi) is 3.50. The molecule has 96 valence electrons. The standard InChI is InChI=1S/C15H14N2O2.Na/c18-15(19)9-4-11-10-2-1-3-12-14(10)8(6-16-12)5-13(11)17-7-9;/h1-4,6,9,13,16-17H,5,7H2,(H,18,19);/q;+1/p-1/t9?,13-;/m1./s1. The van der Waals surface area contributed by atoms with Gasteiger partial charge in [-0.25, -0.2) is 0 Å². The van der Waals surface area contributed by atoms with Crippen LogP contribution in [0.2, 0.25) is 0 Å². The van der Waals surface area contributed by atoms with E-state index < -0.39 is 11.9 Å². The van der Waals surface area contributed by atoms with E-state index in [9.17, 15) is 9.90 Å². The molecule has 2 atom stereocenters. The smallest absolute Gasteiger partial charge is 0.549 e. The minimum atomic E-state index is -1.01. The Balaban J connectivity index is 0.00000121. The molecule has 4 nitrogen and oxygen atoms in total. The monoisotopic (exact) mass is 276 g/mol. The second-order valence-corrected chi connectivity index (χ2v) is 5.25. The van der Waals surface area contributed by atoms with Crippen LogP contribution in [0, 0.1) is 5.92 Å². The van der Waals surface area contributed by atoms with E-state index in [2.05, 4.69) is 28.6 Å². The number of carbonyl (C=O) groups is 1. The number of carboxylic acid groups (broad SMARTS) is 1. The van der Waals surface area contributed by atoms with Crippen molar-refractivity contribution in [2.45, 2.75) is 12.5 Å². The van der Waals surface area contributed by atoms with Crippen molar-refractivity contribution in [3.63, 3.8) is 0 Å². The van der Waals surface area contributed by atoms with Gasteiger partial charge < -0.3 is 20.2 Å². The van der Waals surface area contributed by atoms with Crippen molar-refractivity contribution >= 4 is 22.4 Å². The van der Waals surface area contributed by atoms with Crippen LogP contribution in [0.25, 0.3) is 16.5 Å². The Morgan fingerprint density at radius 2 is 2.20 bits per heavy atom. The molecule has 4 rings (SSSR count). The van der Waals surface area contributed by atoms with Gasteiger partial charge in [-0.2, -0.15) is 0 Å². The quantitative estimate of drug-likeness (QED) is 0.564. The van der Waals surface area contributed by atoms with Crippen LogP contribution in [0.15, 0.2) is 30.5 Å². The number of benzene rings is 1. The predicted octanol–water partition coefficient (Wildman–Crippen LogP) is -2.55. The third kappa shape index (κ3) is 1.95. The summed E-state index contributed by atoms with van der Waals surface area (Å²) >= 11 is 0. The van der Waals surface area contributed by atoms with Gasteiger partial charge in [0.2, 0.25) is 0 Å². The Hall–Kier alpha value is -1.07. The van der Waals surface area contributed by atoms with Crippen LogP contribution in [-0.2, 0) is 11.2 Å². The molecular weight excluding hydrogens is 263 g/mol. The van der Waals surface area contributed by atoms with Crippen LogP contribution in [0.5, 0.6) is 0 Å². The zero-order chi connectivity index (χ0) is 13.0. The largest absolute Gasteiger partial charge is 1.00 e. The summed E-state index contributed by atoms with van der Waals surface area (Å²) in [6.45, 7) is 0.451. The molecule has 0 amide bonds. The Morgan fingerprint density at radius 3 is 3.00 bits per heavy atom. The van der Waals surface area contributed by atoms with Gasteiger partial charge in [-0.05, 0) is 29.2 Å². The van der Waals surface area contributed by atoms with Crippen LogP contribution in [-0.4, -0.2) is 23.5 Å². The molecule has 2 aromatic rings. The molecule has 1 unspecified atom stereocenters. The number of fused-ring (bicyclic) bond motifs is 2. The van der Waals surface area contributed by atoms with E-state index in [0.717, 1.165) is 23.1 Å². The van der Waals surface area contributed by atoms with Gasteiger partial charge in [0.05, 0.1) is 0 Å². The van der Waals surface area contributed by atoms with E-state index in [1.165, 1.54) is 10.9 Å².